The Kier molecular flexibility index (Phi) is 9.91. The molecule has 1 saturated heterocycles. The van der Waals surface area contributed by atoms with E-state index in [2.05, 4.69) is 35.9 Å². The van der Waals surface area contributed by atoms with Gasteiger partial charge in [-0.15, -0.1) is 0 Å². The Morgan fingerprint density at radius 1 is 1.10 bits per heavy atom. The molecule has 5 aromatic rings. The van der Waals surface area contributed by atoms with Crippen molar-refractivity contribution in [3.63, 3.8) is 0 Å². The van der Waals surface area contributed by atoms with Crippen molar-refractivity contribution in [1.82, 2.24) is 30.2 Å². The number of anilines is 5. The number of aromatic amines is 1. The minimum atomic E-state index is -4.61. The van der Waals surface area contributed by atoms with Crippen molar-refractivity contribution >= 4 is 75.1 Å². The molecule has 51 heavy (non-hydrogen) atoms. The Bertz CT molecular complexity index is 2160. The number of fused-ring (bicyclic) bond motifs is 2. The fourth-order valence-electron chi connectivity index (χ4n) is 6.17. The molecule has 0 bridgehead atoms. The average Bonchev–Trinajstić information content (AvgIpc) is 3.54. The van der Waals surface area contributed by atoms with E-state index >= 15 is 0 Å². The second-order valence-corrected chi connectivity index (χ2v) is 15.7. The van der Waals surface area contributed by atoms with Gasteiger partial charge in [0.25, 0.3) is 0 Å². The fourth-order valence-corrected chi connectivity index (χ4v) is 7.57. The zero-order chi connectivity index (χ0) is 36.5. The number of rotatable bonds is 11. The fraction of sp³-hybridized carbons (Fsp3) is 0.324. The van der Waals surface area contributed by atoms with Crippen molar-refractivity contribution in [2.75, 3.05) is 55.6 Å². The number of alkyl halides is 3. The number of ether oxygens (including phenoxy) is 2. The van der Waals surface area contributed by atoms with Crippen LogP contribution in [0.4, 0.5) is 42.0 Å². The molecule has 2 aromatic carbocycles. The number of H-pyrrole nitrogens is 1. The van der Waals surface area contributed by atoms with Gasteiger partial charge in [-0.3, -0.25) is 9.97 Å². The summed E-state index contributed by atoms with van der Waals surface area (Å²) in [5.74, 6) is 0.274. The Morgan fingerprint density at radius 2 is 1.84 bits per heavy atom. The summed E-state index contributed by atoms with van der Waals surface area (Å²) in [7, 11) is -1.21. The van der Waals surface area contributed by atoms with E-state index in [1.807, 2.05) is 18.7 Å². The standard InChI is InChI=1S/C34H38F3N10O3P/c1-19-16-47(17-20(2)50-19)27-13-28(49-18-34(35,36)37)26(12-23(27)21(14-38)15-39-3)44-33-45-31-22(8-9-42-31)32(46-33)43-25-7-6-24-29(41-11-10-40-24)30(25)51(4,5)48/h6-15,19-20,38-39H,16-18H2,1-5H3,(H3,42,43,44,45,46)/b21-15+,38-14?/t19-,20+. The minimum Gasteiger partial charge on any atom is -0.482 e. The Morgan fingerprint density at radius 3 is 2.53 bits per heavy atom. The van der Waals surface area contributed by atoms with Crippen LogP contribution in [0.3, 0.4) is 0 Å². The Hall–Kier alpha value is -5.21. The predicted octanol–water partition coefficient (Wildman–Crippen LogP) is 6.40. The molecule has 0 amide bonds. The van der Waals surface area contributed by atoms with Crippen LogP contribution in [0.15, 0.2) is 55.1 Å². The van der Waals surface area contributed by atoms with Gasteiger partial charge in [0.2, 0.25) is 5.95 Å². The van der Waals surface area contributed by atoms with Crippen LogP contribution in [0.25, 0.3) is 27.6 Å². The second-order valence-electron chi connectivity index (χ2n) is 12.6. The monoisotopic (exact) mass is 722 g/mol. The third kappa shape index (κ3) is 7.92. The summed E-state index contributed by atoms with van der Waals surface area (Å²) in [5.41, 5.74) is 3.76. The van der Waals surface area contributed by atoms with E-state index in [-0.39, 0.29) is 29.6 Å². The van der Waals surface area contributed by atoms with E-state index in [0.717, 1.165) is 6.21 Å². The largest absolute Gasteiger partial charge is 0.482 e. The first-order chi connectivity index (χ1) is 24.2. The highest BCUT2D eigenvalue weighted by Crippen LogP contribution is 2.42. The van der Waals surface area contributed by atoms with Crippen molar-refractivity contribution in [2.24, 2.45) is 0 Å². The lowest BCUT2D eigenvalue weighted by Gasteiger charge is -2.38. The zero-order valence-corrected chi connectivity index (χ0v) is 29.5. The summed E-state index contributed by atoms with van der Waals surface area (Å²) in [6, 6.07) is 8.46. The third-order valence-electron chi connectivity index (χ3n) is 8.08. The number of allylic oxidation sites excluding steroid dienone is 1. The summed E-state index contributed by atoms with van der Waals surface area (Å²) in [6.45, 7) is 6.55. The molecule has 0 aliphatic carbocycles. The summed E-state index contributed by atoms with van der Waals surface area (Å²) in [4.78, 5) is 23.2. The van der Waals surface area contributed by atoms with Crippen LogP contribution in [0, 0.1) is 5.41 Å². The number of benzene rings is 2. The summed E-state index contributed by atoms with van der Waals surface area (Å²) < 4.78 is 65.6. The number of nitrogens with zero attached hydrogens (tertiary/aromatic N) is 5. The third-order valence-corrected chi connectivity index (χ3v) is 9.61. The quantitative estimate of drug-likeness (QED) is 0.0757. The summed E-state index contributed by atoms with van der Waals surface area (Å²) >= 11 is 0. The van der Waals surface area contributed by atoms with Gasteiger partial charge in [0.15, 0.2) is 6.61 Å². The molecule has 13 nitrogen and oxygen atoms in total. The van der Waals surface area contributed by atoms with Gasteiger partial charge in [-0.05, 0) is 51.4 Å². The number of morpholine rings is 1. The maximum Gasteiger partial charge on any atom is 0.422 e. The lowest BCUT2D eigenvalue weighted by Crippen LogP contribution is -2.45. The molecule has 0 spiro atoms. The molecule has 5 N–H and O–H groups in total. The summed E-state index contributed by atoms with van der Waals surface area (Å²) in [5, 5.41) is 18.6. The minimum absolute atomic E-state index is 0.0314. The molecule has 0 unspecified atom stereocenters. The van der Waals surface area contributed by atoms with Gasteiger partial charge in [-0.25, -0.2) is 0 Å². The molecule has 17 heteroatoms. The van der Waals surface area contributed by atoms with Crippen LogP contribution in [-0.2, 0) is 9.30 Å². The number of nitrogens with one attached hydrogen (secondary N) is 5. The molecule has 1 aliphatic rings. The molecule has 0 saturated carbocycles. The van der Waals surface area contributed by atoms with Gasteiger partial charge in [-0.1, -0.05) is 0 Å². The molecular weight excluding hydrogens is 684 g/mol. The number of halogens is 3. The highest BCUT2D eigenvalue weighted by atomic mass is 31.2. The van der Waals surface area contributed by atoms with Gasteiger partial charge in [0.05, 0.1) is 39.8 Å². The van der Waals surface area contributed by atoms with Crippen LogP contribution < -0.4 is 30.9 Å². The first-order valence-electron chi connectivity index (χ1n) is 16.1. The van der Waals surface area contributed by atoms with E-state index in [4.69, 9.17) is 19.9 Å². The molecule has 0 radical (unpaired) electrons. The summed E-state index contributed by atoms with van der Waals surface area (Å²) in [6.07, 6.45) is 2.68. The molecule has 1 fully saturated rings. The zero-order valence-electron chi connectivity index (χ0n) is 28.6. The van der Waals surface area contributed by atoms with Gasteiger partial charge in [0, 0.05) is 74.0 Å². The smallest absolute Gasteiger partial charge is 0.422 e. The predicted molar refractivity (Wildman–Crippen MR) is 195 cm³/mol. The second kappa shape index (κ2) is 14.2. The molecule has 6 rings (SSSR count). The highest BCUT2D eigenvalue weighted by molar-refractivity contribution is 7.71. The Balaban J connectivity index is 1.48. The normalized spacial score (nSPS) is 17.1. The lowest BCUT2D eigenvalue weighted by molar-refractivity contribution is -0.153. The number of hydrogen-bond acceptors (Lipinski definition) is 12. The molecule has 268 valence electrons. The lowest BCUT2D eigenvalue weighted by atomic mass is 10.0. The van der Waals surface area contributed by atoms with Crippen molar-refractivity contribution in [3.05, 3.63) is 60.7 Å². The maximum atomic E-state index is 13.6. The maximum absolute atomic E-state index is 13.6. The Labute approximate surface area is 292 Å². The van der Waals surface area contributed by atoms with Crippen LogP contribution in [-0.4, -0.2) is 89.6 Å². The van der Waals surface area contributed by atoms with Crippen molar-refractivity contribution in [2.45, 2.75) is 32.2 Å². The van der Waals surface area contributed by atoms with Crippen LogP contribution >= 0.6 is 7.14 Å². The molecule has 4 heterocycles. The van der Waals surface area contributed by atoms with Gasteiger partial charge in [0.1, 0.15) is 29.9 Å². The first kappa shape index (κ1) is 35.6. The number of hydrogen-bond donors (Lipinski definition) is 5. The molecule has 2 atom stereocenters. The topological polar surface area (TPSA) is 166 Å². The van der Waals surface area contributed by atoms with Crippen molar-refractivity contribution in [3.8, 4) is 5.75 Å². The number of aromatic nitrogens is 5. The van der Waals surface area contributed by atoms with E-state index in [1.165, 1.54) is 12.3 Å². The van der Waals surface area contributed by atoms with Crippen LogP contribution in [0.5, 0.6) is 5.75 Å². The van der Waals surface area contributed by atoms with E-state index < -0.39 is 19.9 Å². The van der Waals surface area contributed by atoms with Gasteiger partial charge >= 0.3 is 6.18 Å². The van der Waals surface area contributed by atoms with E-state index in [0.29, 0.717) is 68.8 Å². The van der Waals surface area contributed by atoms with Gasteiger partial charge in [-0.2, -0.15) is 23.1 Å². The van der Waals surface area contributed by atoms with Gasteiger partial charge < -0.3 is 45.3 Å². The highest BCUT2D eigenvalue weighted by Gasteiger charge is 2.31. The van der Waals surface area contributed by atoms with Crippen LogP contribution in [0.2, 0.25) is 0 Å². The van der Waals surface area contributed by atoms with Crippen molar-refractivity contribution in [1.29, 1.82) is 5.41 Å². The average molecular weight is 723 g/mol. The SMILES string of the molecule is CN/C=C(\C=N)c1cc(Nc2nc(Nc3ccc4nccnc4c3P(C)(C)=O)c3cc[nH]c3n2)c(OCC(F)(F)F)cc1N1C[C@@H](C)O[C@@H](C)C1. The van der Waals surface area contributed by atoms with Crippen molar-refractivity contribution < 1.29 is 27.2 Å². The van der Waals surface area contributed by atoms with E-state index in [9.17, 15) is 17.7 Å². The first-order valence-corrected chi connectivity index (χ1v) is 18.7. The molecule has 3 aromatic heterocycles. The molecular formula is C34H38F3N10O3P. The van der Waals surface area contributed by atoms with Crippen LogP contribution in [0.1, 0.15) is 19.4 Å². The molecule has 1 aliphatic heterocycles. The van der Waals surface area contributed by atoms with E-state index in [1.54, 1.807) is 63.2 Å².